The summed E-state index contributed by atoms with van der Waals surface area (Å²) in [5.74, 6) is 0.669. The van der Waals surface area contributed by atoms with Gasteiger partial charge in [0, 0.05) is 19.8 Å². The van der Waals surface area contributed by atoms with Crippen molar-refractivity contribution >= 4 is 11.6 Å². The average Bonchev–Trinajstić information content (AvgIpc) is 2.75. The summed E-state index contributed by atoms with van der Waals surface area (Å²) in [6.07, 6.45) is 3.42. The largest absolute Gasteiger partial charge is 0.316 e. The maximum Gasteiger partial charge on any atom is 0.231 e. The zero-order chi connectivity index (χ0) is 11.5. The van der Waals surface area contributed by atoms with Crippen molar-refractivity contribution in [1.29, 1.82) is 0 Å². The third-order valence-corrected chi connectivity index (χ3v) is 3.20. The number of nitrogens with zero attached hydrogens (tertiary/aromatic N) is 2. The fraction of sp³-hybridized carbons (Fsp3) is 0.500. The van der Waals surface area contributed by atoms with Crippen LogP contribution in [0.2, 0.25) is 0 Å². The lowest BCUT2D eigenvalue weighted by atomic mass is 9.96. The van der Waals surface area contributed by atoms with E-state index in [1.54, 1.807) is 17.3 Å². The number of nitrogens with one attached hydrogen (secondary N) is 1. The fourth-order valence-corrected chi connectivity index (χ4v) is 2.07. The van der Waals surface area contributed by atoms with Crippen molar-refractivity contribution < 1.29 is 4.79 Å². The zero-order valence-electron chi connectivity index (χ0n) is 9.68. The molecule has 1 N–H and O–H groups in total. The van der Waals surface area contributed by atoms with E-state index in [9.17, 15) is 4.79 Å². The Morgan fingerprint density at radius 2 is 2.38 bits per heavy atom. The van der Waals surface area contributed by atoms with Gasteiger partial charge in [0.25, 0.3) is 0 Å². The van der Waals surface area contributed by atoms with Crippen LogP contribution in [0.4, 0.5) is 5.69 Å². The summed E-state index contributed by atoms with van der Waals surface area (Å²) < 4.78 is 0. The number of hydrogen-bond donors (Lipinski definition) is 1. The Kier molecular flexibility index (Phi) is 3.19. The number of carbonyl (C=O) groups excluding carboxylic acids is 1. The van der Waals surface area contributed by atoms with Crippen molar-refractivity contribution in [3.8, 4) is 0 Å². The monoisotopic (exact) mass is 219 g/mol. The van der Waals surface area contributed by atoms with E-state index in [1.807, 2.05) is 19.2 Å². The smallest absolute Gasteiger partial charge is 0.231 e. The van der Waals surface area contributed by atoms with Crippen molar-refractivity contribution in [2.45, 2.75) is 6.92 Å². The van der Waals surface area contributed by atoms with Crippen LogP contribution in [0, 0.1) is 11.8 Å². The first-order valence-corrected chi connectivity index (χ1v) is 5.58. The first-order chi connectivity index (χ1) is 7.70. The molecule has 86 valence electrons. The van der Waals surface area contributed by atoms with Crippen molar-refractivity contribution in [1.82, 2.24) is 10.3 Å². The summed E-state index contributed by atoms with van der Waals surface area (Å²) >= 11 is 0. The number of aromatic nitrogens is 1. The molecule has 1 saturated heterocycles. The molecule has 0 unspecified atom stereocenters. The number of rotatable bonds is 2. The van der Waals surface area contributed by atoms with E-state index < -0.39 is 0 Å². The van der Waals surface area contributed by atoms with Gasteiger partial charge in [-0.15, -0.1) is 0 Å². The summed E-state index contributed by atoms with van der Waals surface area (Å²) in [7, 11) is 1.81. The minimum Gasteiger partial charge on any atom is -0.316 e. The lowest BCUT2D eigenvalue weighted by Gasteiger charge is -2.22. The normalized spacial score (nSPS) is 24.4. The van der Waals surface area contributed by atoms with Crippen LogP contribution in [0.15, 0.2) is 24.5 Å². The molecular weight excluding hydrogens is 202 g/mol. The molecule has 1 amide bonds. The Bertz CT molecular complexity index is 366. The van der Waals surface area contributed by atoms with E-state index in [0.29, 0.717) is 5.92 Å². The Labute approximate surface area is 95.7 Å². The maximum atomic E-state index is 12.2. The highest BCUT2D eigenvalue weighted by Crippen LogP contribution is 2.21. The summed E-state index contributed by atoms with van der Waals surface area (Å²) in [5.41, 5.74) is 0.853. The van der Waals surface area contributed by atoms with Gasteiger partial charge in [0.2, 0.25) is 5.91 Å². The summed E-state index contributed by atoms with van der Waals surface area (Å²) in [6, 6.07) is 3.74. The molecule has 1 aromatic heterocycles. The van der Waals surface area contributed by atoms with Crippen LogP contribution >= 0.6 is 0 Å². The highest BCUT2D eigenvalue weighted by Gasteiger charge is 2.31. The molecule has 1 aromatic rings. The molecule has 2 rings (SSSR count). The van der Waals surface area contributed by atoms with E-state index >= 15 is 0 Å². The first kappa shape index (κ1) is 11.1. The van der Waals surface area contributed by atoms with Crippen LogP contribution in [0.1, 0.15) is 6.92 Å². The van der Waals surface area contributed by atoms with Gasteiger partial charge >= 0.3 is 0 Å². The molecule has 2 heterocycles. The van der Waals surface area contributed by atoms with Crippen LogP contribution in [0.3, 0.4) is 0 Å². The van der Waals surface area contributed by atoms with Crippen LogP contribution < -0.4 is 10.2 Å². The molecule has 16 heavy (non-hydrogen) atoms. The number of amides is 1. The molecule has 1 aliphatic heterocycles. The number of pyridine rings is 1. The average molecular weight is 219 g/mol. The molecule has 0 aliphatic carbocycles. The standard InChI is InChI=1S/C12H17N3O/c1-9-6-14-8-11(9)12(16)15(2)10-4-3-5-13-7-10/h3-5,7,9,11,14H,6,8H2,1-2H3/t9-,11-/m1/s1. The molecule has 1 aliphatic rings. The summed E-state index contributed by atoms with van der Waals surface area (Å²) in [6.45, 7) is 3.82. The highest BCUT2D eigenvalue weighted by molar-refractivity contribution is 5.94. The Morgan fingerprint density at radius 3 is 2.94 bits per heavy atom. The summed E-state index contributed by atoms with van der Waals surface area (Å²) in [5, 5.41) is 3.25. The second kappa shape index (κ2) is 4.61. The molecule has 4 nitrogen and oxygen atoms in total. The lowest BCUT2D eigenvalue weighted by Crippen LogP contribution is -2.36. The van der Waals surface area contributed by atoms with Crippen molar-refractivity contribution in [2.75, 3.05) is 25.0 Å². The molecule has 0 saturated carbocycles. The number of hydrogen-bond acceptors (Lipinski definition) is 3. The van der Waals surface area contributed by atoms with E-state index in [1.165, 1.54) is 0 Å². The number of carbonyl (C=O) groups is 1. The Morgan fingerprint density at radius 1 is 1.56 bits per heavy atom. The molecule has 0 radical (unpaired) electrons. The Balaban J connectivity index is 2.10. The molecule has 0 bridgehead atoms. The SMILES string of the molecule is C[C@@H]1CNC[C@H]1C(=O)N(C)c1cccnc1. The van der Waals surface area contributed by atoms with E-state index in [-0.39, 0.29) is 11.8 Å². The van der Waals surface area contributed by atoms with Gasteiger partial charge in [0.15, 0.2) is 0 Å². The fourth-order valence-electron chi connectivity index (χ4n) is 2.07. The van der Waals surface area contributed by atoms with Crippen molar-refractivity contribution in [3.05, 3.63) is 24.5 Å². The second-order valence-corrected chi connectivity index (χ2v) is 4.35. The van der Waals surface area contributed by atoms with Crippen molar-refractivity contribution in [3.63, 3.8) is 0 Å². The molecule has 4 heteroatoms. The first-order valence-electron chi connectivity index (χ1n) is 5.58. The van der Waals surface area contributed by atoms with Crippen LogP contribution in [0.25, 0.3) is 0 Å². The predicted octanol–water partition coefficient (Wildman–Crippen LogP) is 0.900. The quantitative estimate of drug-likeness (QED) is 0.803. The van der Waals surface area contributed by atoms with Gasteiger partial charge in [0.05, 0.1) is 17.8 Å². The zero-order valence-corrected chi connectivity index (χ0v) is 9.68. The third kappa shape index (κ3) is 2.07. The van der Waals surface area contributed by atoms with Gasteiger partial charge in [0.1, 0.15) is 0 Å². The van der Waals surface area contributed by atoms with Crippen LogP contribution in [0.5, 0.6) is 0 Å². The Hall–Kier alpha value is -1.42. The predicted molar refractivity (Wildman–Crippen MR) is 63.2 cm³/mol. The summed E-state index contributed by atoms with van der Waals surface area (Å²) in [4.78, 5) is 17.9. The van der Waals surface area contributed by atoms with Crippen molar-refractivity contribution in [2.24, 2.45) is 11.8 Å². The topological polar surface area (TPSA) is 45.2 Å². The maximum absolute atomic E-state index is 12.2. The minimum absolute atomic E-state index is 0.0882. The molecular formula is C12H17N3O. The van der Waals surface area contributed by atoms with Gasteiger partial charge < -0.3 is 10.2 Å². The van der Waals surface area contributed by atoms with E-state index in [0.717, 1.165) is 18.8 Å². The van der Waals surface area contributed by atoms with Gasteiger partial charge in [-0.25, -0.2) is 0 Å². The second-order valence-electron chi connectivity index (χ2n) is 4.35. The van der Waals surface area contributed by atoms with Gasteiger partial charge in [-0.2, -0.15) is 0 Å². The van der Waals surface area contributed by atoms with Crippen LogP contribution in [-0.2, 0) is 4.79 Å². The molecule has 0 spiro atoms. The van der Waals surface area contributed by atoms with Gasteiger partial charge in [-0.1, -0.05) is 6.92 Å². The molecule has 1 fully saturated rings. The third-order valence-electron chi connectivity index (χ3n) is 3.20. The molecule has 0 aromatic carbocycles. The van der Waals surface area contributed by atoms with Crippen LogP contribution in [-0.4, -0.2) is 31.0 Å². The van der Waals surface area contributed by atoms with E-state index in [4.69, 9.17) is 0 Å². The minimum atomic E-state index is 0.0882. The lowest BCUT2D eigenvalue weighted by molar-refractivity contribution is -0.122. The van der Waals surface area contributed by atoms with Gasteiger partial charge in [-0.05, 0) is 24.6 Å². The molecule has 2 atom stereocenters. The highest BCUT2D eigenvalue weighted by atomic mass is 16.2. The van der Waals surface area contributed by atoms with Gasteiger partial charge in [-0.3, -0.25) is 9.78 Å². The van der Waals surface area contributed by atoms with E-state index in [2.05, 4.69) is 17.2 Å². The number of anilines is 1.